The topological polar surface area (TPSA) is 36.7 Å². The molecule has 66 valence electrons. The van der Waals surface area contributed by atoms with Crippen molar-refractivity contribution in [2.24, 2.45) is 0 Å². The highest BCUT2D eigenvalue weighted by Crippen LogP contribution is 2.41. The Hall–Kier alpha value is -1.43. The van der Waals surface area contributed by atoms with Gasteiger partial charge >= 0.3 is 0 Å². The molecule has 1 heterocycles. The van der Waals surface area contributed by atoms with Crippen LogP contribution in [-0.2, 0) is 5.41 Å². The van der Waals surface area contributed by atoms with Crippen molar-refractivity contribution in [1.29, 1.82) is 5.26 Å². The van der Waals surface area contributed by atoms with Crippen LogP contribution in [-0.4, -0.2) is 4.98 Å². The Bertz CT molecular complexity index is 363. The fraction of sp³-hybridized carbons (Fsp3) is 0.400. The summed E-state index contributed by atoms with van der Waals surface area (Å²) in [6.45, 7) is 0. The van der Waals surface area contributed by atoms with Crippen LogP contribution in [0.25, 0.3) is 0 Å². The molecular weight excluding hydrogens is 167 g/mol. The maximum Gasteiger partial charge on any atom is 0.213 e. The molecular formula is C10H9FN2. The van der Waals surface area contributed by atoms with Crippen molar-refractivity contribution in [2.75, 3.05) is 0 Å². The largest absolute Gasteiger partial charge is 0.223 e. The van der Waals surface area contributed by atoms with E-state index in [0.717, 1.165) is 19.3 Å². The van der Waals surface area contributed by atoms with E-state index in [1.807, 2.05) is 0 Å². The first kappa shape index (κ1) is 8.18. The van der Waals surface area contributed by atoms with Gasteiger partial charge in [-0.25, -0.2) is 4.98 Å². The molecule has 13 heavy (non-hydrogen) atoms. The highest BCUT2D eigenvalue weighted by Gasteiger charge is 2.40. The molecule has 1 fully saturated rings. The first-order chi connectivity index (χ1) is 6.27. The normalized spacial score (nSPS) is 18.8. The third-order valence-corrected chi connectivity index (χ3v) is 2.63. The predicted molar refractivity (Wildman–Crippen MR) is 45.3 cm³/mol. The monoisotopic (exact) mass is 176 g/mol. The Labute approximate surface area is 76.0 Å². The number of hydrogen-bond donors (Lipinski definition) is 0. The lowest BCUT2D eigenvalue weighted by Gasteiger charge is -2.34. The van der Waals surface area contributed by atoms with E-state index in [-0.39, 0.29) is 0 Å². The molecule has 0 aliphatic heterocycles. The van der Waals surface area contributed by atoms with Crippen molar-refractivity contribution in [1.82, 2.24) is 4.98 Å². The van der Waals surface area contributed by atoms with Crippen LogP contribution in [0.3, 0.4) is 0 Å². The van der Waals surface area contributed by atoms with E-state index >= 15 is 0 Å². The molecule has 0 N–H and O–H groups in total. The molecule has 2 rings (SSSR count). The third kappa shape index (κ3) is 1.19. The second kappa shape index (κ2) is 2.81. The molecule has 0 aromatic carbocycles. The van der Waals surface area contributed by atoms with Crippen LogP contribution in [0.4, 0.5) is 4.39 Å². The Morgan fingerprint density at radius 3 is 2.69 bits per heavy atom. The smallest absolute Gasteiger partial charge is 0.213 e. The van der Waals surface area contributed by atoms with Crippen LogP contribution in [0.15, 0.2) is 18.2 Å². The zero-order valence-corrected chi connectivity index (χ0v) is 7.13. The lowest BCUT2D eigenvalue weighted by molar-refractivity contribution is 0.312. The van der Waals surface area contributed by atoms with E-state index in [9.17, 15) is 4.39 Å². The van der Waals surface area contributed by atoms with E-state index < -0.39 is 11.4 Å². The van der Waals surface area contributed by atoms with Gasteiger partial charge in [0.15, 0.2) is 0 Å². The minimum Gasteiger partial charge on any atom is -0.223 e. The summed E-state index contributed by atoms with van der Waals surface area (Å²) in [6, 6.07) is 6.86. The molecule has 0 atom stereocenters. The van der Waals surface area contributed by atoms with E-state index in [1.54, 1.807) is 12.1 Å². The SMILES string of the molecule is N#CC1(c2cccc(F)n2)CCC1. The van der Waals surface area contributed by atoms with Crippen LogP contribution in [0.1, 0.15) is 25.0 Å². The van der Waals surface area contributed by atoms with Gasteiger partial charge in [-0.15, -0.1) is 0 Å². The maximum atomic E-state index is 12.8. The number of nitrogens with zero attached hydrogens (tertiary/aromatic N) is 2. The molecule has 2 nitrogen and oxygen atoms in total. The molecule has 1 aliphatic carbocycles. The molecule has 1 aromatic heterocycles. The average Bonchev–Trinajstić information content (AvgIpc) is 2.03. The van der Waals surface area contributed by atoms with Crippen LogP contribution in [0, 0.1) is 17.3 Å². The number of nitriles is 1. The zero-order valence-electron chi connectivity index (χ0n) is 7.13. The Morgan fingerprint density at radius 2 is 2.23 bits per heavy atom. The molecule has 0 radical (unpaired) electrons. The van der Waals surface area contributed by atoms with Crippen molar-refractivity contribution in [2.45, 2.75) is 24.7 Å². The van der Waals surface area contributed by atoms with Crippen molar-refractivity contribution in [3.63, 3.8) is 0 Å². The van der Waals surface area contributed by atoms with E-state index in [0.29, 0.717) is 5.69 Å². The van der Waals surface area contributed by atoms with Crippen LogP contribution < -0.4 is 0 Å². The first-order valence-corrected chi connectivity index (χ1v) is 4.31. The molecule has 1 aliphatic rings. The Balaban J connectivity index is 2.40. The van der Waals surface area contributed by atoms with E-state index in [1.165, 1.54) is 6.07 Å². The Kier molecular flexibility index (Phi) is 1.77. The molecule has 0 spiro atoms. The van der Waals surface area contributed by atoms with Gasteiger partial charge in [0, 0.05) is 0 Å². The van der Waals surface area contributed by atoms with Crippen LogP contribution in [0.2, 0.25) is 0 Å². The summed E-state index contributed by atoms with van der Waals surface area (Å²) < 4.78 is 12.8. The fourth-order valence-electron chi connectivity index (χ4n) is 1.63. The molecule has 0 unspecified atom stereocenters. The highest BCUT2D eigenvalue weighted by atomic mass is 19.1. The molecule has 0 saturated heterocycles. The van der Waals surface area contributed by atoms with Gasteiger partial charge in [-0.3, -0.25) is 0 Å². The van der Waals surface area contributed by atoms with Gasteiger partial charge in [-0.1, -0.05) is 6.07 Å². The standard InChI is InChI=1S/C10H9FN2/c11-9-4-1-3-8(13-9)10(7-12)5-2-6-10/h1,3-4H,2,5-6H2. The van der Waals surface area contributed by atoms with Crippen LogP contribution in [0.5, 0.6) is 0 Å². The highest BCUT2D eigenvalue weighted by molar-refractivity contribution is 5.29. The molecule has 0 bridgehead atoms. The lowest BCUT2D eigenvalue weighted by atomic mass is 9.67. The average molecular weight is 176 g/mol. The number of halogens is 1. The van der Waals surface area contributed by atoms with Gasteiger partial charge in [0.1, 0.15) is 0 Å². The molecule has 0 amide bonds. The van der Waals surface area contributed by atoms with Crippen molar-refractivity contribution in [3.8, 4) is 6.07 Å². The summed E-state index contributed by atoms with van der Waals surface area (Å²) in [5.74, 6) is -0.501. The predicted octanol–water partition coefficient (Wildman–Crippen LogP) is 2.17. The second-order valence-corrected chi connectivity index (χ2v) is 3.39. The molecule has 3 heteroatoms. The van der Waals surface area contributed by atoms with Crippen molar-refractivity contribution in [3.05, 3.63) is 29.8 Å². The van der Waals surface area contributed by atoms with Crippen molar-refractivity contribution >= 4 is 0 Å². The van der Waals surface area contributed by atoms with Gasteiger partial charge in [-0.2, -0.15) is 9.65 Å². The zero-order chi connectivity index (χ0) is 9.31. The van der Waals surface area contributed by atoms with Gasteiger partial charge in [-0.05, 0) is 31.4 Å². The molecule has 1 saturated carbocycles. The molecule has 1 aromatic rings. The van der Waals surface area contributed by atoms with Crippen LogP contribution >= 0.6 is 0 Å². The summed E-state index contributed by atoms with van der Waals surface area (Å²) in [5, 5.41) is 8.97. The van der Waals surface area contributed by atoms with Gasteiger partial charge < -0.3 is 0 Å². The minimum absolute atomic E-state index is 0.498. The second-order valence-electron chi connectivity index (χ2n) is 3.39. The number of hydrogen-bond acceptors (Lipinski definition) is 2. The van der Waals surface area contributed by atoms with Gasteiger partial charge in [0.05, 0.1) is 17.2 Å². The lowest BCUT2D eigenvalue weighted by Crippen LogP contribution is -2.33. The number of rotatable bonds is 1. The van der Waals surface area contributed by atoms with Gasteiger partial charge in [0.25, 0.3) is 0 Å². The minimum atomic E-state index is -0.501. The summed E-state index contributed by atoms with van der Waals surface area (Å²) in [5.41, 5.74) is 0.0866. The number of aromatic nitrogens is 1. The van der Waals surface area contributed by atoms with E-state index in [2.05, 4.69) is 11.1 Å². The maximum absolute atomic E-state index is 12.8. The summed E-state index contributed by atoms with van der Waals surface area (Å²) >= 11 is 0. The summed E-state index contributed by atoms with van der Waals surface area (Å²) in [6.07, 6.45) is 2.64. The number of pyridine rings is 1. The van der Waals surface area contributed by atoms with E-state index in [4.69, 9.17) is 5.26 Å². The summed E-state index contributed by atoms with van der Waals surface area (Å²) in [4.78, 5) is 3.75. The first-order valence-electron chi connectivity index (χ1n) is 4.31. The van der Waals surface area contributed by atoms with Crippen molar-refractivity contribution < 1.29 is 4.39 Å². The fourth-order valence-corrected chi connectivity index (χ4v) is 1.63. The third-order valence-electron chi connectivity index (χ3n) is 2.63. The van der Waals surface area contributed by atoms with Gasteiger partial charge in [0.2, 0.25) is 5.95 Å². The summed E-state index contributed by atoms with van der Waals surface area (Å²) in [7, 11) is 0. The Morgan fingerprint density at radius 1 is 1.46 bits per heavy atom. The quantitative estimate of drug-likeness (QED) is 0.615.